The minimum Gasteiger partial charge on any atom is -0.310 e. The van der Waals surface area contributed by atoms with E-state index in [1.54, 1.807) is 0 Å². The van der Waals surface area contributed by atoms with E-state index in [1.165, 1.54) is 30.7 Å². The molecule has 1 heterocycles. The molecular formula is C15H16ClN3OS. The molecule has 1 aromatic carbocycles. The molecule has 1 aliphatic rings. The molecule has 110 valence electrons. The Balaban J connectivity index is 1.84. The summed E-state index contributed by atoms with van der Waals surface area (Å²) in [5.41, 5.74) is 1.72. The van der Waals surface area contributed by atoms with Crippen LogP contribution in [-0.2, 0) is 6.54 Å². The second-order valence-electron chi connectivity index (χ2n) is 5.20. The highest BCUT2D eigenvalue weighted by atomic mass is 35.5. The second-order valence-corrected chi connectivity index (χ2v) is 6.67. The quantitative estimate of drug-likeness (QED) is 0.831. The number of nitrogens with one attached hydrogen (secondary N) is 2. The lowest BCUT2D eigenvalue weighted by atomic mass is 10.2. The summed E-state index contributed by atoms with van der Waals surface area (Å²) in [4.78, 5) is 19.7. The third kappa shape index (κ3) is 4.09. The fraction of sp³-hybridized carbons (Fsp3) is 0.333. The van der Waals surface area contributed by atoms with Crippen LogP contribution in [0.15, 0.2) is 39.1 Å². The predicted octanol–water partition coefficient (Wildman–Crippen LogP) is 3.13. The van der Waals surface area contributed by atoms with Crippen LogP contribution in [0, 0.1) is 6.92 Å². The normalized spacial score (nSPS) is 14.4. The minimum absolute atomic E-state index is 0.128. The van der Waals surface area contributed by atoms with E-state index in [0.29, 0.717) is 16.9 Å². The lowest BCUT2D eigenvalue weighted by molar-refractivity contribution is 0.680. The van der Waals surface area contributed by atoms with Gasteiger partial charge >= 0.3 is 0 Å². The molecule has 2 aromatic rings. The van der Waals surface area contributed by atoms with Gasteiger partial charge in [0, 0.05) is 34.3 Å². The van der Waals surface area contributed by atoms with Gasteiger partial charge in [-0.2, -0.15) is 0 Å². The van der Waals surface area contributed by atoms with Gasteiger partial charge in [0.05, 0.1) is 0 Å². The van der Waals surface area contributed by atoms with E-state index >= 15 is 0 Å². The monoisotopic (exact) mass is 321 g/mol. The Morgan fingerprint density at radius 3 is 2.95 bits per heavy atom. The number of nitrogens with zero attached hydrogens (tertiary/aromatic N) is 1. The van der Waals surface area contributed by atoms with Crippen LogP contribution in [0.5, 0.6) is 0 Å². The van der Waals surface area contributed by atoms with Crippen molar-refractivity contribution in [3.8, 4) is 0 Å². The van der Waals surface area contributed by atoms with Gasteiger partial charge < -0.3 is 10.3 Å². The Morgan fingerprint density at radius 2 is 2.24 bits per heavy atom. The SMILES string of the molecule is Cc1cc(=O)[nH]c(Sc2ccc(Cl)cc2CNC2CC2)n1. The van der Waals surface area contributed by atoms with Crippen molar-refractivity contribution < 1.29 is 0 Å². The Bertz CT molecular complexity index is 712. The number of aromatic amines is 1. The lowest BCUT2D eigenvalue weighted by Gasteiger charge is -2.10. The largest absolute Gasteiger partial charge is 0.310 e. The molecule has 1 aliphatic carbocycles. The smallest absolute Gasteiger partial charge is 0.251 e. The van der Waals surface area contributed by atoms with E-state index in [9.17, 15) is 4.79 Å². The molecule has 6 heteroatoms. The van der Waals surface area contributed by atoms with Crippen molar-refractivity contribution in [3.05, 3.63) is 50.9 Å². The number of H-pyrrole nitrogens is 1. The molecule has 1 aromatic heterocycles. The fourth-order valence-electron chi connectivity index (χ4n) is 2.03. The van der Waals surface area contributed by atoms with E-state index in [4.69, 9.17) is 11.6 Å². The molecule has 0 bridgehead atoms. The highest BCUT2D eigenvalue weighted by Crippen LogP contribution is 2.30. The Kier molecular flexibility index (Phi) is 4.33. The lowest BCUT2D eigenvalue weighted by Crippen LogP contribution is -2.16. The molecule has 4 nitrogen and oxygen atoms in total. The van der Waals surface area contributed by atoms with Gasteiger partial charge in [0.2, 0.25) is 0 Å². The Labute approximate surface area is 132 Å². The molecule has 0 saturated heterocycles. The van der Waals surface area contributed by atoms with Crippen molar-refractivity contribution in [2.45, 2.75) is 42.4 Å². The highest BCUT2D eigenvalue weighted by Gasteiger charge is 2.20. The van der Waals surface area contributed by atoms with Crippen molar-refractivity contribution >= 4 is 23.4 Å². The molecule has 0 aliphatic heterocycles. The molecule has 0 unspecified atom stereocenters. The first kappa shape index (κ1) is 14.6. The number of hydrogen-bond acceptors (Lipinski definition) is 4. The summed E-state index contributed by atoms with van der Waals surface area (Å²) >= 11 is 7.55. The number of rotatable bonds is 5. The summed E-state index contributed by atoms with van der Waals surface area (Å²) in [6.45, 7) is 2.60. The van der Waals surface area contributed by atoms with Gasteiger partial charge in [-0.25, -0.2) is 4.98 Å². The summed E-state index contributed by atoms with van der Waals surface area (Å²) in [5.74, 6) is 0. The average Bonchev–Trinajstić information content (AvgIpc) is 3.22. The van der Waals surface area contributed by atoms with Gasteiger partial charge in [-0.1, -0.05) is 23.4 Å². The maximum Gasteiger partial charge on any atom is 0.251 e. The van der Waals surface area contributed by atoms with Crippen LogP contribution in [0.2, 0.25) is 5.02 Å². The van der Waals surface area contributed by atoms with Gasteiger partial charge in [0.25, 0.3) is 5.56 Å². The number of halogens is 1. The van der Waals surface area contributed by atoms with E-state index in [1.807, 2.05) is 25.1 Å². The van der Waals surface area contributed by atoms with E-state index in [2.05, 4.69) is 15.3 Å². The highest BCUT2D eigenvalue weighted by molar-refractivity contribution is 7.99. The van der Waals surface area contributed by atoms with Crippen LogP contribution in [0.1, 0.15) is 24.1 Å². The van der Waals surface area contributed by atoms with Crippen LogP contribution >= 0.6 is 23.4 Å². The zero-order valence-electron chi connectivity index (χ0n) is 11.6. The molecule has 3 rings (SSSR count). The van der Waals surface area contributed by atoms with Gasteiger partial charge in [-0.3, -0.25) is 4.79 Å². The Morgan fingerprint density at radius 1 is 1.43 bits per heavy atom. The predicted molar refractivity (Wildman–Crippen MR) is 85.0 cm³/mol. The van der Waals surface area contributed by atoms with Crippen LogP contribution < -0.4 is 10.9 Å². The van der Waals surface area contributed by atoms with E-state index in [-0.39, 0.29) is 5.56 Å². The molecule has 0 radical (unpaired) electrons. The van der Waals surface area contributed by atoms with Crippen molar-refractivity contribution in [1.29, 1.82) is 0 Å². The maximum atomic E-state index is 11.5. The summed E-state index contributed by atoms with van der Waals surface area (Å²) < 4.78 is 0. The minimum atomic E-state index is -0.128. The van der Waals surface area contributed by atoms with Crippen LogP contribution in [0.25, 0.3) is 0 Å². The summed E-state index contributed by atoms with van der Waals surface area (Å²) in [7, 11) is 0. The molecule has 21 heavy (non-hydrogen) atoms. The van der Waals surface area contributed by atoms with E-state index in [0.717, 1.165) is 22.0 Å². The third-order valence-electron chi connectivity index (χ3n) is 3.24. The number of aromatic nitrogens is 2. The molecular weight excluding hydrogens is 306 g/mol. The molecule has 1 fully saturated rings. The topological polar surface area (TPSA) is 57.8 Å². The first-order chi connectivity index (χ1) is 10.1. The van der Waals surface area contributed by atoms with Crippen molar-refractivity contribution in [2.24, 2.45) is 0 Å². The maximum absolute atomic E-state index is 11.5. The zero-order chi connectivity index (χ0) is 14.8. The third-order valence-corrected chi connectivity index (χ3v) is 4.48. The molecule has 1 saturated carbocycles. The summed E-state index contributed by atoms with van der Waals surface area (Å²) in [6, 6.07) is 7.92. The van der Waals surface area contributed by atoms with Crippen molar-refractivity contribution in [1.82, 2.24) is 15.3 Å². The second kappa shape index (κ2) is 6.22. The number of hydrogen-bond donors (Lipinski definition) is 2. The molecule has 0 amide bonds. The van der Waals surface area contributed by atoms with Gasteiger partial charge in [0.15, 0.2) is 5.16 Å². The standard InChI is InChI=1S/C15H16ClN3OS/c1-9-6-14(20)19-15(18-9)21-13-5-2-11(16)7-10(13)8-17-12-3-4-12/h2,5-7,12,17H,3-4,8H2,1H3,(H,18,19,20). The zero-order valence-corrected chi connectivity index (χ0v) is 13.2. The van der Waals surface area contributed by atoms with Crippen LogP contribution in [0.4, 0.5) is 0 Å². The van der Waals surface area contributed by atoms with E-state index < -0.39 is 0 Å². The molecule has 0 spiro atoms. The molecule has 2 N–H and O–H groups in total. The Hall–Kier alpha value is -1.30. The summed E-state index contributed by atoms with van der Waals surface area (Å²) in [5, 5.41) is 4.81. The van der Waals surface area contributed by atoms with Crippen LogP contribution in [-0.4, -0.2) is 16.0 Å². The summed E-state index contributed by atoms with van der Waals surface area (Å²) in [6.07, 6.45) is 2.49. The first-order valence-electron chi connectivity index (χ1n) is 6.88. The van der Waals surface area contributed by atoms with Crippen molar-refractivity contribution in [2.75, 3.05) is 0 Å². The van der Waals surface area contributed by atoms with Crippen LogP contribution in [0.3, 0.4) is 0 Å². The number of benzene rings is 1. The van der Waals surface area contributed by atoms with Crippen molar-refractivity contribution in [3.63, 3.8) is 0 Å². The van der Waals surface area contributed by atoms with Gasteiger partial charge in [-0.15, -0.1) is 0 Å². The van der Waals surface area contributed by atoms with Gasteiger partial charge in [0.1, 0.15) is 0 Å². The average molecular weight is 322 g/mol. The fourth-order valence-corrected chi connectivity index (χ4v) is 3.17. The number of aryl methyl sites for hydroxylation is 1. The molecule has 0 atom stereocenters. The van der Waals surface area contributed by atoms with Gasteiger partial charge in [-0.05, 0) is 43.5 Å². The first-order valence-corrected chi connectivity index (χ1v) is 8.07.